The van der Waals surface area contributed by atoms with Crippen molar-refractivity contribution in [3.63, 3.8) is 0 Å². The number of benzene rings is 3. The molecule has 0 fully saturated rings. The zero-order chi connectivity index (χ0) is 22.8. The lowest BCUT2D eigenvalue weighted by Gasteiger charge is -2.21. The van der Waals surface area contributed by atoms with Gasteiger partial charge in [0.05, 0.1) is 16.6 Å². The molecule has 1 N–H and O–H groups in total. The quantitative estimate of drug-likeness (QED) is 0.381. The van der Waals surface area contributed by atoms with Gasteiger partial charge in [-0.3, -0.25) is 4.79 Å². The summed E-state index contributed by atoms with van der Waals surface area (Å²) in [6.07, 6.45) is 0. The smallest absolute Gasteiger partial charge is 0.195 e. The minimum atomic E-state index is -0.583. The van der Waals surface area contributed by atoms with Gasteiger partial charge in [0, 0.05) is 29.9 Å². The zero-order valence-electron chi connectivity index (χ0n) is 18.2. The fourth-order valence-electron chi connectivity index (χ4n) is 3.86. The van der Waals surface area contributed by atoms with Crippen molar-refractivity contribution in [1.29, 1.82) is 0 Å². The number of H-pyrrole nitrogens is 1. The van der Waals surface area contributed by atoms with Gasteiger partial charge in [0.25, 0.3) is 0 Å². The number of nitrogens with zero attached hydrogens (tertiary/aromatic N) is 1. The van der Waals surface area contributed by atoms with E-state index in [0.29, 0.717) is 28.1 Å². The molecule has 0 atom stereocenters. The summed E-state index contributed by atoms with van der Waals surface area (Å²) in [5, 5.41) is 0.00216. The number of hydrogen-bond donors (Lipinski definition) is 1. The van der Waals surface area contributed by atoms with Crippen LogP contribution in [0.15, 0.2) is 65.5 Å². The SMILES string of the molecule is CCN(CC)c1ccc(Oc2ccc(-c3[nH]c4cccc(F)c4c(=O)c3C)cc2F)cc1. The van der Waals surface area contributed by atoms with Crippen LogP contribution in [0.25, 0.3) is 22.2 Å². The molecule has 164 valence electrons. The van der Waals surface area contributed by atoms with Crippen molar-refractivity contribution in [2.45, 2.75) is 20.8 Å². The predicted octanol–water partition coefficient (Wildman–Crippen LogP) is 6.42. The molecule has 0 amide bonds. The molecule has 0 saturated carbocycles. The molecule has 0 radical (unpaired) electrons. The van der Waals surface area contributed by atoms with E-state index in [2.05, 4.69) is 23.7 Å². The number of halogens is 2. The molecule has 4 aromatic rings. The van der Waals surface area contributed by atoms with E-state index in [1.165, 1.54) is 24.3 Å². The van der Waals surface area contributed by atoms with E-state index in [9.17, 15) is 13.6 Å². The fraction of sp³-hybridized carbons (Fsp3) is 0.192. The number of hydrogen-bond acceptors (Lipinski definition) is 3. The summed E-state index contributed by atoms with van der Waals surface area (Å²) in [6.45, 7) is 7.57. The molecule has 0 unspecified atom stereocenters. The summed E-state index contributed by atoms with van der Waals surface area (Å²) in [5.74, 6) is -0.537. The molecule has 0 aliphatic rings. The van der Waals surface area contributed by atoms with Crippen LogP contribution in [0, 0.1) is 18.6 Å². The first-order chi connectivity index (χ1) is 15.4. The average molecular weight is 434 g/mol. The molecular formula is C26H24F2N2O2. The maximum atomic E-state index is 14.9. The van der Waals surface area contributed by atoms with E-state index < -0.39 is 17.1 Å². The maximum Gasteiger partial charge on any atom is 0.195 e. The van der Waals surface area contributed by atoms with Crippen molar-refractivity contribution in [2.24, 2.45) is 0 Å². The Hall–Kier alpha value is -3.67. The van der Waals surface area contributed by atoms with E-state index in [-0.39, 0.29) is 11.1 Å². The van der Waals surface area contributed by atoms with E-state index in [0.717, 1.165) is 18.8 Å². The summed E-state index contributed by atoms with van der Waals surface area (Å²) in [4.78, 5) is 17.9. The number of fused-ring (bicyclic) bond motifs is 1. The van der Waals surface area contributed by atoms with Crippen LogP contribution >= 0.6 is 0 Å². The van der Waals surface area contributed by atoms with Crippen LogP contribution in [-0.2, 0) is 0 Å². The van der Waals surface area contributed by atoms with Crippen molar-refractivity contribution in [3.8, 4) is 22.8 Å². The van der Waals surface area contributed by atoms with Gasteiger partial charge >= 0.3 is 0 Å². The van der Waals surface area contributed by atoms with Crippen molar-refractivity contribution in [3.05, 3.63) is 88.1 Å². The van der Waals surface area contributed by atoms with Crippen LogP contribution in [0.4, 0.5) is 14.5 Å². The second-order valence-corrected chi connectivity index (χ2v) is 7.53. The Morgan fingerprint density at radius 3 is 2.31 bits per heavy atom. The molecule has 0 saturated heterocycles. The third kappa shape index (κ3) is 3.96. The summed E-state index contributed by atoms with van der Waals surface area (Å²) in [6, 6.07) is 16.4. The maximum absolute atomic E-state index is 14.9. The number of aromatic nitrogens is 1. The van der Waals surface area contributed by atoms with Gasteiger partial charge < -0.3 is 14.6 Å². The Morgan fingerprint density at radius 1 is 0.938 bits per heavy atom. The minimum Gasteiger partial charge on any atom is -0.454 e. The Morgan fingerprint density at radius 2 is 1.66 bits per heavy atom. The number of pyridine rings is 1. The highest BCUT2D eigenvalue weighted by molar-refractivity contribution is 5.83. The monoisotopic (exact) mass is 434 g/mol. The van der Waals surface area contributed by atoms with Crippen LogP contribution in [0.1, 0.15) is 19.4 Å². The molecule has 4 rings (SSSR count). The summed E-state index contributed by atoms with van der Waals surface area (Å²) < 4.78 is 34.7. The van der Waals surface area contributed by atoms with Crippen molar-refractivity contribution in [2.75, 3.05) is 18.0 Å². The van der Waals surface area contributed by atoms with E-state index in [1.807, 2.05) is 12.1 Å². The molecule has 0 bridgehead atoms. The van der Waals surface area contributed by atoms with Crippen molar-refractivity contribution >= 4 is 16.6 Å². The minimum absolute atomic E-state index is 0.00216. The number of rotatable bonds is 6. The first-order valence-corrected chi connectivity index (χ1v) is 10.6. The molecule has 1 heterocycles. The van der Waals surface area contributed by atoms with Gasteiger partial charge in [-0.25, -0.2) is 8.78 Å². The molecule has 32 heavy (non-hydrogen) atoms. The summed E-state index contributed by atoms with van der Waals surface area (Å²) >= 11 is 0. The number of aromatic amines is 1. The van der Waals surface area contributed by atoms with Gasteiger partial charge in [0.1, 0.15) is 11.6 Å². The van der Waals surface area contributed by atoms with Gasteiger partial charge in [-0.1, -0.05) is 6.07 Å². The topological polar surface area (TPSA) is 45.3 Å². The van der Waals surface area contributed by atoms with E-state index >= 15 is 0 Å². The second kappa shape index (κ2) is 8.83. The second-order valence-electron chi connectivity index (χ2n) is 7.53. The van der Waals surface area contributed by atoms with Crippen molar-refractivity contribution < 1.29 is 13.5 Å². The molecule has 0 aliphatic heterocycles. The van der Waals surface area contributed by atoms with E-state index in [1.54, 1.807) is 31.2 Å². The van der Waals surface area contributed by atoms with Crippen LogP contribution in [0.3, 0.4) is 0 Å². The number of anilines is 1. The molecule has 1 aromatic heterocycles. The largest absolute Gasteiger partial charge is 0.454 e. The molecule has 3 aromatic carbocycles. The molecule has 0 spiro atoms. The Kier molecular flexibility index (Phi) is 5.95. The van der Waals surface area contributed by atoms with Gasteiger partial charge in [0.15, 0.2) is 17.0 Å². The lowest BCUT2D eigenvalue weighted by Crippen LogP contribution is -2.21. The third-order valence-electron chi connectivity index (χ3n) is 5.63. The first-order valence-electron chi connectivity index (χ1n) is 10.6. The Balaban J connectivity index is 1.64. The highest BCUT2D eigenvalue weighted by Gasteiger charge is 2.15. The van der Waals surface area contributed by atoms with Gasteiger partial charge in [-0.15, -0.1) is 0 Å². The van der Waals surface area contributed by atoms with Crippen LogP contribution in [0.5, 0.6) is 11.5 Å². The Bertz CT molecular complexity index is 1330. The molecule has 4 nitrogen and oxygen atoms in total. The summed E-state index contributed by atoms with van der Waals surface area (Å²) in [7, 11) is 0. The van der Waals surface area contributed by atoms with Gasteiger partial charge in [0.2, 0.25) is 0 Å². The third-order valence-corrected chi connectivity index (χ3v) is 5.63. The van der Waals surface area contributed by atoms with Crippen molar-refractivity contribution in [1.82, 2.24) is 4.98 Å². The molecular weight excluding hydrogens is 410 g/mol. The van der Waals surface area contributed by atoms with E-state index in [4.69, 9.17) is 4.74 Å². The fourth-order valence-corrected chi connectivity index (χ4v) is 3.86. The normalized spacial score (nSPS) is 11.0. The number of nitrogens with one attached hydrogen (secondary N) is 1. The average Bonchev–Trinajstić information content (AvgIpc) is 2.79. The van der Waals surface area contributed by atoms with Crippen LogP contribution < -0.4 is 15.1 Å². The van der Waals surface area contributed by atoms with Crippen LogP contribution in [-0.4, -0.2) is 18.1 Å². The zero-order valence-corrected chi connectivity index (χ0v) is 18.2. The van der Waals surface area contributed by atoms with Crippen LogP contribution in [0.2, 0.25) is 0 Å². The lowest BCUT2D eigenvalue weighted by atomic mass is 10.0. The first kappa shape index (κ1) is 21.6. The number of ether oxygens (including phenoxy) is 1. The highest BCUT2D eigenvalue weighted by atomic mass is 19.1. The lowest BCUT2D eigenvalue weighted by molar-refractivity contribution is 0.442. The molecule has 6 heteroatoms. The molecule has 0 aliphatic carbocycles. The highest BCUT2D eigenvalue weighted by Crippen LogP contribution is 2.31. The summed E-state index contributed by atoms with van der Waals surface area (Å²) in [5.41, 5.74) is 2.27. The van der Waals surface area contributed by atoms with Gasteiger partial charge in [-0.2, -0.15) is 0 Å². The Labute approximate surface area is 185 Å². The standard InChI is InChI=1S/C26H24F2N2O2/c1-4-30(5-2)18-10-12-19(13-11-18)32-23-14-9-17(15-21(23)28)25-16(3)26(31)24-20(27)7-6-8-22(24)29-25/h6-15H,4-5H2,1-3H3,(H,29,31). The predicted molar refractivity (Wildman–Crippen MR) is 125 cm³/mol. The van der Waals surface area contributed by atoms with Gasteiger partial charge in [-0.05, 0) is 75.4 Å².